The second kappa shape index (κ2) is 14.1. The van der Waals surface area contributed by atoms with E-state index in [1.807, 2.05) is 0 Å². The molecule has 0 aromatic heterocycles. The summed E-state index contributed by atoms with van der Waals surface area (Å²) in [6, 6.07) is 64.7. The van der Waals surface area contributed by atoms with Crippen LogP contribution in [-0.2, 0) is 0 Å². The van der Waals surface area contributed by atoms with Crippen molar-refractivity contribution < 1.29 is 0 Å². The molecule has 7 aromatic carbocycles. The summed E-state index contributed by atoms with van der Waals surface area (Å²) in [6.07, 6.45) is 4.35. The molecule has 48 heavy (non-hydrogen) atoms. The van der Waals surface area contributed by atoms with Crippen LogP contribution in [-0.4, -0.2) is 0 Å². The minimum absolute atomic E-state index is 1.13. The van der Waals surface area contributed by atoms with Crippen LogP contribution in [0.3, 0.4) is 0 Å². The van der Waals surface area contributed by atoms with Gasteiger partial charge in [0.25, 0.3) is 0 Å². The number of benzene rings is 7. The monoisotopic (exact) mass is 618 g/mol. The Labute approximate surface area is 284 Å². The van der Waals surface area contributed by atoms with E-state index < -0.39 is 0 Å². The van der Waals surface area contributed by atoms with Gasteiger partial charge in [-0.05, 0) is 120 Å². The molecule has 0 atom stereocenters. The van der Waals surface area contributed by atoms with Crippen LogP contribution < -0.4 is 9.80 Å². The second-order valence-corrected chi connectivity index (χ2v) is 12.1. The van der Waals surface area contributed by atoms with Gasteiger partial charge in [-0.2, -0.15) is 0 Å². The molecule has 0 radical (unpaired) electrons. The van der Waals surface area contributed by atoms with E-state index in [-0.39, 0.29) is 0 Å². The number of hydrogen-bond acceptors (Lipinski definition) is 2. The number of aryl methyl sites for hydroxylation is 2. The quantitative estimate of drug-likeness (QED) is 0.149. The molecule has 0 saturated carbocycles. The maximum Gasteiger partial charge on any atom is 0.0466 e. The predicted octanol–water partition coefficient (Wildman–Crippen LogP) is 13.1. The molecule has 0 saturated heterocycles. The summed E-state index contributed by atoms with van der Waals surface area (Å²) in [7, 11) is 0. The Hall–Kier alpha value is -6.12. The Balaban J connectivity index is 1.07. The molecule has 0 spiro atoms. The van der Waals surface area contributed by atoms with Crippen molar-refractivity contribution in [3.05, 3.63) is 204 Å². The average molecular weight is 619 g/mol. The standard InChI is InChI=1S/C46H38N2/c1-35-32-36(2)34-46(33-35)48(43-16-10-5-11-17-43)45-30-26-40(27-31-45)39-24-20-37(21-25-39)18-19-38-22-28-44(29-23-38)47(41-12-6-3-7-13-41)42-14-8-4-9-15-42/h3-34H,1-2H3/b19-18+. The van der Waals surface area contributed by atoms with Crippen LogP contribution >= 0.6 is 0 Å². The van der Waals surface area contributed by atoms with E-state index in [1.54, 1.807) is 0 Å². The van der Waals surface area contributed by atoms with Crippen LogP contribution in [0.5, 0.6) is 0 Å². The van der Waals surface area contributed by atoms with E-state index in [9.17, 15) is 0 Å². The first-order chi connectivity index (χ1) is 23.6. The Morgan fingerprint density at radius 1 is 0.312 bits per heavy atom. The van der Waals surface area contributed by atoms with Crippen molar-refractivity contribution in [3.63, 3.8) is 0 Å². The van der Waals surface area contributed by atoms with Gasteiger partial charge in [0.15, 0.2) is 0 Å². The van der Waals surface area contributed by atoms with Gasteiger partial charge in [0, 0.05) is 34.1 Å². The maximum absolute atomic E-state index is 2.32. The van der Waals surface area contributed by atoms with E-state index in [1.165, 1.54) is 33.5 Å². The Morgan fingerprint density at radius 3 is 1.04 bits per heavy atom. The number of anilines is 6. The lowest BCUT2D eigenvalue weighted by Crippen LogP contribution is -2.10. The molecule has 0 N–H and O–H groups in total. The minimum Gasteiger partial charge on any atom is -0.311 e. The zero-order chi connectivity index (χ0) is 32.7. The van der Waals surface area contributed by atoms with Gasteiger partial charge in [-0.15, -0.1) is 0 Å². The van der Waals surface area contributed by atoms with E-state index in [2.05, 4.69) is 218 Å². The lowest BCUT2D eigenvalue weighted by molar-refractivity contribution is 1.25. The Bertz CT molecular complexity index is 2040. The second-order valence-electron chi connectivity index (χ2n) is 12.1. The van der Waals surface area contributed by atoms with Gasteiger partial charge in [-0.25, -0.2) is 0 Å². The molecule has 0 fully saturated rings. The Morgan fingerprint density at radius 2 is 0.625 bits per heavy atom. The average Bonchev–Trinajstić information content (AvgIpc) is 3.13. The molecule has 7 rings (SSSR count). The molecular weight excluding hydrogens is 581 g/mol. The van der Waals surface area contributed by atoms with Crippen molar-refractivity contribution in [2.75, 3.05) is 9.80 Å². The fourth-order valence-electron chi connectivity index (χ4n) is 6.22. The molecule has 2 heteroatoms. The van der Waals surface area contributed by atoms with Crippen molar-refractivity contribution in [2.45, 2.75) is 13.8 Å². The molecule has 2 nitrogen and oxygen atoms in total. The van der Waals surface area contributed by atoms with Crippen molar-refractivity contribution in [3.8, 4) is 11.1 Å². The zero-order valence-electron chi connectivity index (χ0n) is 27.4. The van der Waals surface area contributed by atoms with Gasteiger partial charge in [-0.1, -0.05) is 121 Å². The smallest absolute Gasteiger partial charge is 0.0466 e. The highest BCUT2D eigenvalue weighted by Crippen LogP contribution is 2.37. The maximum atomic E-state index is 2.32. The summed E-state index contributed by atoms with van der Waals surface area (Å²) in [5.74, 6) is 0. The van der Waals surface area contributed by atoms with Gasteiger partial charge >= 0.3 is 0 Å². The topological polar surface area (TPSA) is 6.48 Å². The number of para-hydroxylation sites is 3. The van der Waals surface area contributed by atoms with Crippen LogP contribution in [0.2, 0.25) is 0 Å². The number of rotatable bonds is 9. The first-order valence-corrected chi connectivity index (χ1v) is 16.4. The highest BCUT2D eigenvalue weighted by molar-refractivity contribution is 5.80. The molecule has 0 bridgehead atoms. The van der Waals surface area contributed by atoms with Crippen LogP contribution in [0.1, 0.15) is 22.3 Å². The third-order valence-corrected chi connectivity index (χ3v) is 8.50. The molecule has 0 heterocycles. The lowest BCUT2D eigenvalue weighted by Gasteiger charge is -2.26. The summed E-state index contributed by atoms with van der Waals surface area (Å²) in [4.78, 5) is 4.60. The predicted molar refractivity (Wildman–Crippen MR) is 206 cm³/mol. The van der Waals surface area contributed by atoms with Gasteiger partial charge in [0.2, 0.25) is 0 Å². The van der Waals surface area contributed by atoms with Crippen molar-refractivity contribution in [1.82, 2.24) is 0 Å². The fraction of sp³-hybridized carbons (Fsp3) is 0.0435. The first-order valence-electron chi connectivity index (χ1n) is 16.4. The first kappa shape index (κ1) is 30.5. The number of nitrogens with zero attached hydrogens (tertiary/aromatic N) is 2. The normalized spacial score (nSPS) is 11.0. The van der Waals surface area contributed by atoms with Crippen LogP contribution in [0.25, 0.3) is 23.3 Å². The highest BCUT2D eigenvalue weighted by Gasteiger charge is 2.14. The van der Waals surface area contributed by atoms with Crippen molar-refractivity contribution >= 4 is 46.3 Å². The molecule has 7 aromatic rings. The summed E-state index contributed by atoms with van der Waals surface area (Å²) >= 11 is 0. The summed E-state index contributed by atoms with van der Waals surface area (Å²) in [6.45, 7) is 4.31. The van der Waals surface area contributed by atoms with Gasteiger partial charge in [-0.3, -0.25) is 0 Å². The molecular formula is C46H38N2. The SMILES string of the molecule is Cc1cc(C)cc(N(c2ccccc2)c2ccc(-c3ccc(/C=C/c4ccc(N(c5ccccc5)c5ccccc5)cc4)cc3)cc2)c1. The molecule has 0 unspecified atom stereocenters. The highest BCUT2D eigenvalue weighted by atomic mass is 15.1. The fourth-order valence-corrected chi connectivity index (χ4v) is 6.22. The van der Waals surface area contributed by atoms with Gasteiger partial charge in [0.05, 0.1) is 0 Å². The third-order valence-electron chi connectivity index (χ3n) is 8.50. The molecule has 0 amide bonds. The molecule has 0 aliphatic rings. The van der Waals surface area contributed by atoms with Gasteiger partial charge in [0.1, 0.15) is 0 Å². The summed E-state index contributed by atoms with van der Waals surface area (Å²) in [5, 5.41) is 0. The number of hydrogen-bond donors (Lipinski definition) is 0. The van der Waals surface area contributed by atoms with E-state index in [0.717, 1.165) is 34.0 Å². The zero-order valence-corrected chi connectivity index (χ0v) is 27.4. The van der Waals surface area contributed by atoms with Crippen molar-refractivity contribution in [1.29, 1.82) is 0 Å². The van der Waals surface area contributed by atoms with E-state index >= 15 is 0 Å². The van der Waals surface area contributed by atoms with Gasteiger partial charge < -0.3 is 9.80 Å². The van der Waals surface area contributed by atoms with Crippen LogP contribution in [0.15, 0.2) is 182 Å². The summed E-state index contributed by atoms with van der Waals surface area (Å²) in [5.41, 5.74) is 14.1. The summed E-state index contributed by atoms with van der Waals surface area (Å²) < 4.78 is 0. The Kier molecular flexibility index (Phi) is 8.97. The lowest BCUT2D eigenvalue weighted by atomic mass is 10.0. The molecule has 0 aliphatic heterocycles. The third kappa shape index (κ3) is 6.99. The van der Waals surface area contributed by atoms with Crippen LogP contribution in [0, 0.1) is 13.8 Å². The minimum atomic E-state index is 1.13. The largest absolute Gasteiger partial charge is 0.311 e. The molecule has 232 valence electrons. The van der Waals surface area contributed by atoms with E-state index in [0.29, 0.717) is 0 Å². The van der Waals surface area contributed by atoms with Crippen LogP contribution in [0.4, 0.5) is 34.1 Å². The molecule has 0 aliphatic carbocycles. The van der Waals surface area contributed by atoms with Crippen molar-refractivity contribution in [2.24, 2.45) is 0 Å². The van der Waals surface area contributed by atoms with E-state index in [4.69, 9.17) is 0 Å².